The van der Waals surface area contributed by atoms with Crippen LogP contribution < -0.4 is 19.7 Å². The van der Waals surface area contributed by atoms with Gasteiger partial charge in [-0.05, 0) is 52.9 Å². The van der Waals surface area contributed by atoms with Crippen molar-refractivity contribution in [1.29, 1.82) is 0 Å². The number of fused-ring (bicyclic) bond motifs is 1. The van der Waals surface area contributed by atoms with E-state index in [0.29, 0.717) is 15.7 Å². The van der Waals surface area contributed by atoms with Gasteiger partial charge in [-0.2, -0.15) is 11.3 Å². The van der Waals surface area contributed by atoms with Crippen LogP contribution in [0.5, 0.6) is 0 Å². The van der Waals surface area contributed by atoms with Gasteiger partial charge in [0.25, 0.3) is 5.56 Å². The smallest absolute Gasteiger partial charge is 0.269 e. The minimum atomic E-state index is -0.572. The molecule has 0 saturated carbocycles. The van der Waals surface area contributed by atoms with Crippen LogP contribution in [0.3, 0.4) is 0 Å². The summed E-state index contributed by atoms with van der Waals surface area (Å²) in [7, 11) is 0. The second-order valence-electron chi connectivity index (χ2n) is 8.93. The zero-order valence-corrected chi connectivity index (χ0v) is 20.1. The highest BCUT2D eigenvalue weighted by Gasteiger charge is 2.24. The van der Waals surface area contributed by atoms with Crippen LogP contribution in [0.15, 0.2) is 45.9 Å². The molecule has 0 unspecified atom stereocenters. The maximum atomic E-state index is 13.3. The highest BCUT2D eigenvalue weighted by atomic mass is 32.1. The van der Waals surface area contributed by atoms with Crippen molar-refractivity contribution in [3.63, 3.8) is 0 Å². The van der Waals surface area contributed by atoms with Gasteiger partial charge in [0.05, 0.1) is 4.53 Å². The van der Waals surface area contributed by atoms with Gasteiger partial charge in [0.1, 0.15) is 11.2 Å². The number of thiophene rings is 1. The van der Waals surface area contributed by atoms with E-state index in [1.54, 1.807) is 16.2 Å². The number of rotatable bonds is 4. The number of benzene rings is 1. The van der Waals surface area contributed by atoms with E-state index in [9.17, 15) is 14.4 Å². The molecule has 0 bridgehead atoms. The molecular weight excluding hydrogens is 440 g/mol. The van der Waals surface area contributed by atoms with E-state index in [1.807, 2.05) is 67.9 Å². The number of amides is 1. The number of aromatic nitrogens is 1. The Balaban J connectivity index is 1.77. The molecule has 0 saturated heterocycles. The number of hydrogen-bond donors (Lipinski definition) is 0. The van der Waals surface area contributed by atoms with Gasteiger partial charge in [-0.15, -0.1) is 11.3 Å². The number of Topliss-reactive ketones (excluding diaryl/α,β-unsaturated/α-hetero) is 1. The predicted molar refractivity (Wildman–Crippen MR) is 132 cm³/mol. The molecule has 0 radical (unpaired) electrons. The number of aryl methyl sites for hydroxylation is 1. The van der Waals surface area contributed by atoms with Crippen LogP contribution in [-0.2, 0) is 22.6 Å². The van der Waals surface area contributed by atoms with Crippen LogP contribution in [0.25, 0.3) is 12.2 Å². The van der Waals surface area contributed by atoms with Gasteiger partial charge in [0, 0.05) is 23.7 Å². The lowest BCUT2D eigenvalue weighted by Crippen LogP contribution is -2.42. The van der Waals surface area contributed by atoms with E-state index in [1.165, 1.54) is 22.0 Å². The zero-order valence-electron chi connectivity index (χ0n) is 18.5. The molecular formula is C25H26N2O3S2. The van der Waals surface area contributed by atoms with Gasteiger partial charge < -0.3 is 4.90 Å². The van der Waals surface area contributed by atoms with Crippen molar-refractivity contribution >= 4 is 52.2 Å². The zero-order chi connectivity index (χ0) is 22.9. The summed E-state index contributed by atoms with van der Waals surface area (Å²) >= 11 is 2.81. The third-order valence-electron chi connectivity index (χ3n) is 5.48. The molecule has 0 fully saturated rings. The van der Waals surface area contributed by atoms with E-state index in [-0.39, 0.29) is 23.8 Å². The minimum Gasteiger partial charge on any atom is -0.311 e. The largest absolute Gasteiger partial charge is 0.311 e. The summed E-state index contributed by atoms with van der Waals surface area (Å²) in [6, 6.07) is 9.84. The first-order chi connectivity index (χ1) is 15.2. The van der Waals surface area contributed by atoms with Crippen molar-refractivity contribution in [2.45, 2.75) is 40.2 Å². The van der Waals surface area contributed by atoms with Gasteiger partial charge in [0.2, 0.25) is 5.91 Å². The van der Waals surface area contributed by atoms with E-state index in [4.69, 9.17) is 0 Å². The first-order valence-corrected chi connectivity index (χ1v) is 12.4. The van der Waals surface area contributed by atoms with Crippen molar-refractivity contribution in [2.24, 2.45) is 5.41 Å². The number of hydrogen-bond acceptors (Lipinski definition) is 5. The fraction of sp³-hybridized carbons (Fsp3) is 0.320. The molecule has 32 heavy (non-hydrogen) atoms. The fourth-order valence-electron chi connectivity index (χ4n) is 3.64. The molecule has 166 valence electrons. The molecule has 5 nitrogen and oxygen atoms in total. The Bertz CT molecular complexity index is 1320. The van der Waals surface area contributed by atoms with Gasteiger partial charge in [0.15, 0.2) is 5.78 Å². The Kier molecular flexibility index (Phi) is 6.31. The number of nitrogens with zero attached hydrogens (tertiary/aromatic N) is 2. The average Bonchev–Trinajstić information content (AvgIpc) is 3.37. The highest BCUT2D eigenvalue weighted by Crippen LogP contribution is 2.26. The molecule has 1 aliphatic heterocycles. The molecule has 1 aliphatic rings. The van der Waals surface area contributed by atoms with Crippen molar-refractivity contribution in [2.75, 3.05) is 11.4 Å². The monoisotopic (exact) mass is 466 g/mol. The molecule has 0 N–H and O–H groups in total. The standard InChI is InChI=1S/C25H26N2O3S2/c1-25(2,3)21(28)14-23-27(24(30)20(32-23)13-17-10-12-31-16-17)15-22(29)26-11-6-8-18-7-4-5-9-19(18)26/h4-5,7,9-10,12-14,16H,6,8,11,15H2,1-3H3/b20-13-,23-14-. The van der Waals surface area contributed by atoms with Crippen LogP contribution in [0.1, 0.15) is 38.3 Å². The van der Waals surface area contributed by atoms with Crippen molar-refractivity contribution in [3.05, 3.63) is 71.8 Å². The summed E-state index contributed by atoms with van der Waals surface area (Å²) in [6.45, 7) is 6.06. The third kappa shape index (κ3) is 4.69. The predicted octanol–water partition coefficient (Wildman–Crippen LogP) is 3.18. The molecule has 3 heterocycles. The molecule has 7 heteroatoms. The lowest BCUT2D eigenvalue weighted by atomic mass is 9.91. The number of thiazole rings is 1. The SMILES string of the molecule is CC(C)(C)C(=O)/C=c1\s/c(=C\c2ccsc2)c(=O)n1CC(=O)N1CCCc2ccccc21. The second kappa shape index (κ2) is 9.00. The third-order valence-corrected chi connectivity index (χ3v) is 7.24. The Morgan fingerprint density at radius 1 is 1.16 bits per heavy atom. The van der Waals surface area contributed by atoms with Gasteiger partial charge >= 0.3 is 0 Å². The minimum absolute atomic E-state index is 0.0784. The molecule has 3 aromatic rings. The van der Waals surface area contributed by atoms with Crippen molar-refractivity contribution < 1.29 is 9.59 Å². The molecule has 2 aromatic heterocycles. The van der Waals surface area contributed by atoms with Crippen molar-refractivity contribution in [3.8, 4) is 0 Å². The summed E-state index contributed by atoms with van der Waals surface area (Å²) in [5.41, 5.74) is 2.18. The molecule has 1 amide bonds. The summed E-state index contributed by atoms with van der Waals surface area (Å²) in [4.78, 5) is 41.0. The van der Waals surface area contributed by atoms with E-state index >= 15 is 0 Å². The fourth-order valence-corrected chi connectivity index (χ4v) is 5.30. The number of anilines is 1. The maximum absolute atomic E-state index is 13.3. The topological polar surface area (TPSA) is 59.4 Å². The van der Waals surface area contributed by atoms with Crippen molar-refractivity contribution in [1.82, 2.24) is 4.57 Å². The lowest BCUT2D eigenvalue weighted by Gasteiger charge is -2.29. The first-order valence-electron chi connectivity index (χ1n) is 10.6. The van der Waals surface area contributed by atoms with E-state index in [2.05, 4.69) is 0 Å². The first kappa shape index (κ1) is 22.4. The van der Waals surface area contributed by atoms with Crippen LogP contribution in [-0.4, -0.2) is 22.8 Å². The molecule has 4 rings (SSSR count). The van der Waals surface area contributed by atoms with Gasteiger partial charge in [-0.3, -0.25) is 19.0 Å². The molecule has 0 spiro atoms. The molecule has 1 aromatic carbocycles. The highest BCUT2D eigenvalue weighted by molar-refractivity contribution is 7.08. The van der Waals surface area contributed by atoms with E-state index < -0.39 is 5.41 Å². The van der Waals surface area contributed by atoms with Crippen LogP contribution in [0.4, 0.5) is 5.69 Å². The number of para-hydroxylation sites is 1. The van der Waals surface area contributed by atoms with Crippen LogP contribution >= 0.6 is 22.7 Å². The Morgan fingerprint density at radius 2 is 1.94 bits per heavy atom. The Labute approximate surface area is 194 Å². The summed E-state index contributed by atoms with van der Waals surface area (Å²) in [5, 5.41) is 3.91. The second-order valence-corrected chi connectivity index (χ2v) is 10.8. The summed E-state index contributed by atoms with van der Waals surface area (Å²) in [5.74, 6) is -0.220. The summed E-state index contributed by atoms with van der Waals surface area (Å²) in [6.07, 6.45) is 5.16. The number of ketones is 1. The number of carbonyl (C=O) groups is 2. The Morgan fingerprint density at radius 3 is 2.66 bits per heavy atom. The average molecular weight is 467 g/mol. The van der Waals surface area contributed by atoms with Crippen LogP contribution in [0, 0.1) is 5.41 Å². The Hall–Kier alpha value is -2.77. The van der Waals surface area contributed by atoms with Crippen LogP contribution in [0.2, 0.25) is 0 Å². The quantitative estimate of drug-likeness (QED) is 0.593. The molecule has 0 atom stereocenters. The lowest BCUT2D eigenvalue weighted by molar-refractivity contribution is -0.120. The van der Waals surface area contributed by atoms with Gasteiger partial charge in [-0.1, -0.05) is 39.0 Å². The normalized spacial score (nSPS) is 15.2. The molecule has 0 aliphatic carbocycles. The van der Waals surface area contributed by atoms with Gasteiger partial charge in [-0.25, -0.2) is 0 Å². The summed E-state index contributed by atoms with van der Waals surface area (Å²) < 4.78 is 2.48. The van der Waals surface area contributed by atoms with E-state index in [0.717, 1.165) is 29.7 Å². The number of carbonyl (C=O) groups excluding carboxylic acids is 2. The maximum Gasteiger partial charge on any atom is 0.269 e.